The van der Waals surface area contributed by atoms with Crippen molar-refractivity contribution in [1.82, 2.24) is 0 Å². The van der Waals surface area contributed by atoms with E-state index in [4.69, 9.17) is 0 Å². The van der Waals surface area contributed by atoms with Crippen LogP contribution in [0.15, 0.2) is 40.9 Å². The molecule has 2 atom stereocenters. The Morgan fingerprint density at radius 3 is 2.45 bits per heavy atom. The third kappa shape index (κ3) is 2.85. The van der Waals surface area contributed by atoms with Crippen molar-refractivity contribution < 1.29 is 0 Å². The summed E-state index contributed by atoms with van der Waals surface area (Å²) in [4.78, 5) is 0. The lowest BCUT2D eigenvalue weighted by molar-refractivity contribution is 0.366. The van der Waals surface area contributed by atoms with Gasteiger partial charge in [0, 0.05) is 16.2 Å². The van der Waals surface area contributed by atoms with Gasteiger partial charge < -0.3 is 5.32 Å². The molecule has 2 aromatic rings. The topological polar surface area (TPSA) is 12.0 Å². The fourth-order valence-corrected chi connectivity index (χ4v) is 3.99. The summed E-state index contributed by atoms with van der Waals surface area (Å²) in [6.07, 6.45) is 2.57. The number of rotatable bonds is 2. The van der Waals surface area contributed by atoms with Gasteiger partial charge in [0.05, 0.1) is 0 Å². The standard InChI is InChI=1S/C18H22BrN/c1-12-10-18(2,3)11-17(12)20-16-7-5-13-8-15(19)6-4-14(13)9-16/h4-9,12,17,20H,10-11H2,1-3H3. The summed E-state index contributed by atoms with van der Waals surface area (Å²) in [5, 5.41) is 6.32. The van der Waals surface area contributed by atoms with E-state index in [-0.39, 0.29) is 0 Å². The van der Waals surface area contributed by atoms with E-state index < -0.39 is 0 Å². The zero-order valence-electron chi connectivity index (χ0n) is 12.4. The smallest absolute Gasteiger partial charge is 0.0348 e. The molecule has 0 amide bonds. The average Bonchev–Trinajstić information content (AvgIpc) is 2.62. The number of halogens is 1. The van der Waals surface area contributed by atoms with E-state index >= 15 is 0 Å². The van der Waals surface area contributed by atoms with Crippen LogP contribution >= 0.6 is 15.9 Å². The Morgan fingerprint density at radius 2 is 1.75 bits per heavy atom. The first kappa shape index (κ1) is 13.9. The Balaban J connectivity index is 1.83. The van der Waals surface area contributed by atoms with Crippen molar-refractivity contribution >= 4 is 32.4 Å². The molecule has 1 nitrogen and oxygen atoms in total. The van der Waals surface area contributed by atoms with E-state index in [0.29, 0.717) is 11.5 Å². The highest BCUT2D eigenvalue weighted by molar-refractivity contribution is 9.10. The van der Waals surface area contributed by atoms with Crippen LogP contribution in [0.3, 0.4) is 0 Å². The van der Waals surface area contributed by atoms with Gasteiger partial charge in [-0.2, -0.15) is 0 Å². The maximum Gasteiger partial charge on any atom is 0.0348 e. The van der Waals surface area contributed by atoms with Crippen molar-refractivity contribution in [3.63, 3.8) is 0 Å². The van der Waals surface area contributed by atoms with Gasteiger partial charge in [-0.15, -0.1) is 0 Å². The largest absolute Gasteiger partial charge is 0.382 e. The Hall–Kier alpha value is -1.02. The molecule has 0 saturated heterocycles. The summed E-state index contributed by atoms with van der Waals surface area (Å²) in [7, 11) is 0. The molecule has 0 aliphatic heterocycles. The second-order valence-electron chi connectivity index (χ2n) is 7.01. The molecule has 2 aromatic carbocycles. The van der Waals surface area contributed by atoms with Crippen LogP contribution in [0.5, 0.6) is 0 Å². The molecule has 0 radical (unpaired) electrons. The SMILES string of the molecule is CC1CC(C)(C)CC1Nc1ccc2cc(Br)ccc2c1. The van der Waals surface area contributed by atoms with Gasteiger partial charge in [0.1, 0.15) is 0 Å². The Morgan fingerprint density at radius 1 is 1.05 bits per heavy atom. The molecule has 2 heteroatoms. The number of benzene rings is 2. The van der Waals surface area contributed by atoms with Gasteiger partial charge in [0.25, 0.3) is 0 Å². The van der Waals surface area contributed by atoms with Gasteiger partial charge in [-0.25, -0.2) is 0 Å². The van der Waals surface area contributed by atoms with Gasteiger partial charge in [-0.3, -0.25) is 0 Å². The number of nitrogens with one attached hydrogen (secondary N) is 1. The van der Waals surface area contributed by atoms with Crippen LogP contribution in [0.2, 0.25) is 0 Å². The van der Waals surface area contributed by atoms with Crippen molar-refractivity contribution in [2.45, 2.75) is 39.7 Å². The maximum atomic E-state index is 3.74. The summed E-state index contributed by atoms with van der Waals surface area (Å²) >= 11 is 3.53. The maximum absolute atomic E-state index is 3.74. The second kappa shape index (κ2) is 5.07. The van der Waals surface area contributed by atoms with Crippen molar-refractivity contribution in [2.75, 3.05) is 5.32 Å². The predicted octanol–water partition coefficient (Wildman–Crippen LogP) is 5.84. The van der Waals surface area contributed by atoms with Crippen molar-refractivity contribution in [2.24, 2.45) is 11.3 Å². The minimum Gasteiger partial charge on any atom is -0.382 e. The van der Waals surface area contributed by atoms with E-state index in [2.05, 4.69) is 78.4 Å². The highest BCUT2D eigenvalue weighted by Crippen LogP contribution is 2.42. The van der Waals surface area contributed by atoms with E-state index in [1.165, 1.54) is 29.3 Å². The highest BCUT2D eigenvalue weighted by atomic mass is 79.9. The molecule has 1 aliphatic carbocycles. The van der Waals surface area contributed by atoms with Gasteiger partial charge in [-0.1, -0.05) is 48.8 Å². The molecular weight excluding hydrogens is 310 g/mol. The molecule has 1 N–H and O–H groups in total. The molecule has 0 bridgehead atoms. The van der Waals surface area contributed by atoms with E-state index in [9.17, 15) is 0 Å². The second-order valence-corrected chi connectivity index (χ2v) is 7.92. The molecule has 20 heavy (non-hydrogen) atoms. The fourth-order valence-electron chi connectivity index (χ4n) is 3.61. The summed E-state index contributed by atoms with van der Waals surface area (Å²) in [6, 6.07) is 13.7. The third-order valence-electron chi connectivity index (χ3n) is 4.49. The molecule has 0 spiro atoms. The molecule has 1 fully saturated rings. The van der Waals surface area contributed by atoms with Crippen LogP contribution in [-0.4, -0.2) is 6.04 Å². The predicted molar refractivity (Wildman–Crippen MR) is 91.2 cm³/mol. The molecule has 1 saturated carbocycles. The number of anilines is 1. The molecule has 2 unspecified atom stereocenters. The van der Waals surface area contributed by atoms with Crippen LogP contribution in [0.1, 0.15) is 33.6 Å². The summed E-state index contributed by atoms with van der Waals surface area (Å²) in [6.45, 7) is 7.12. The Kier molecular flexibility index (Phi) is 3.53. The monoisotopic (exact) mass is 331 g/mol. The number of hydrogen-bond donors (Lipinski definition) is 1. The normalized spacial score (nSPS) is 25.0. The Labute approximate surface area is 129 Å². The fraction of sp³-hybridized carbons (Fsp3) is 0.444. The van der Waals surface area contributed by atoms with Crippen molar-refractivity contribution in [3.8, 4) is 0 Å². The summed E-state index contributed by atoms with van der Waals surface area (Å²) < 4.78 is 1.14. The molecular formula is C18H22BrN. The number of fused-ring (bicyclic) bond motifs is 1. The minimum absolute atomic E-state index is 0.471. The molecule has 3 rings (SSSR count). The highest BCUT2D eigenvalue weighted by Gasteiger charge is 2.36. The van der Waals surface area contributed by atoms with E-state index in [0.717, 1.165) is 10.4 Å². The first-order chi connectivity index (χ1) is 9.43. The first-order valence-electron chi connectivity index (χ1n) is 7.39. The molecule has 0 aromatic heterocycles. The molecule has 106 valence electrons. The summed E-state index contributed by atoms with van der Waals surface area (Å²) in [5.41, 5.74) is 1.72. The zero-order valence-corrected chi connectivity index (χ0v) is 14.0. The minimum atomic E-state index is 0.471. The molecule has 0 heterocycles. The van der Waals surface area contributed by atoms with E-state index in [1.807, 2.05) is 0 Å². The lowest BCUT2D eigenvalue weighted by Gasteiger charge is -2.20. The van der Waals surface area contributed by atoms with Crippen molar-refractivity contribution in [1.29, 1.82) is 0 Å². The molecule has 1 aliphatic rings. The zero-order chi connectivity index (χ0) is 14.3. The Bertz CT molecular complexity index is 632. The van der Waals surface area contributed by atoms with Crippen LogP contribution in [0, 0.1) is 11.3 Å². The lowest BCUT2D eigenvalue weighted by Crippen LogP contribution is -2.22. The lowest BCUT2D eigenvalue weighted by atomic mass is 9.91. The quantitative estimate of drug-likeness (QED) is 0.728. The van der Waals surface area contributed by atoms with Crippen LogP contribution in [0.4, 0.5) is 5.69 Å². The van der Waals surface area contributed by atoms with Crippen LogP contribution in [-0.2, 0) is 0 Å². The van der Waals surface area contributed by atoms with Gasteiger partial charge in [0.15, 0.2) is 0 Å². The van der Waals surface area contributed by atoms with E-state index in [1.54, 1.807) is 0 Å². The van der Waals surface area contributed by atoms with Crippen LogP contribution < -0.4 is 5.32 Å². The third-order valence-corrected chi connectivity index (χ3v) is 4.98. The van der Waals surface area contributed by atoms with Gasteiger partial charge >= 0.3 is 0 Å². The van der Waals surface area contributed by atoms with Gasteiger partial charge in [0.2, 0.25) is 0 Å². The summed E-state index contributed by atoms with van der Waals surface area (Å²) in [5.74, 6) is 0.741. The first-order valence-corrected chi connectivity index (χ1v) is 8.18. The van der Waals surface area contributed by atoms with Crippen LogP contribution in [0.25, 0.3) is 10.8 Å². The average molecular weight is 332 g/mol. The number of hydrogen-bond acceptors (Lipinski definition) is 1. The van der Waals surface area contributed by atoms with Crippen molar-refractivity contribution in [3.05, 3.63) is 40.9 Å². The van der Waals surface area contributed by atoms with Gasteiger partial charge in [-0.05, 0) is 59.2 Å².